The number of hydrogen-bond donors (Lipinski definition) is 8. The molecule has 1 aromatic carbocycles. The summed E-state index contributed by atoms with van der Waals surface area (Å²) in [7, 11) is 0. The number of carboxylic acids is 1. The third-order valence-corrected chi connectivity index (χ3v) is 5.43. The third-order valence-electron chi connectivity index (χ3n) is 5.43. The van der Waals surface area contributed by atoms with Crippen molar-refractivity contribution in [3.05, 3.63) is 29.8 Å². The van der Waals surface area contributed by atoms with Gasteiger partial charge in [-0.1, -0.05) is 32.4 Å². The van der Waals surface area contributed by atoms with Crippen molar-refractivity contribution in [1.29, 1.82) is 0 Å². The Bertz CT molecular complexity index is 846. The topological polar surface area (TPSA) is 211 Å². The molecule has 9 N–H and O–H groups in total. The number of aromatic hydroxyl groups is 1. The van der Waals surface area contributed by atoms with Gasteiger partial charge in [0.1, 0.15) is 23.9 Å². The molecule has 0 saturated carbocycles. The second-order valence-electron chi connectivity index (χ2n) is 8.15. The molecule has 0 aliphatic carbocycles. The molecule has 34 heavy (non-hydrogen) atoms. The van der Waals surface area contributed by atoms with Gasteiger partial charge >= 0.3 is 5.97 Å². The molecule has 3 amide bonds. The van der Waals surface area contributed by atoms with Gasteiger partial charge in [0, 0.05) is 6.42 Å². The summed E-state index contributed by atoms with van der Waals surface area (Å²) < 4.78 is 0. The summed E-state index contributed by atoms with van der Waals surface area (Å²) in [4.78, 5) is 49.2. The van der Waals surface area contributed by atoms with Gasteiger partial charge in [-0.15, -0.1) is 0 Å². The molecule has 0 aromatic heterocycles. The lowest BCUT2D eigenvalue weighted by atomic mass is 9.98. The Morgan fingerprint density at radius 1 is 0.941 bits per heavy atom. The van der Waals surface area contributed by atoms with Crippen LogP contribution in [-0.2, 0) is 25.6 Å². The normalized spacial score (nSPS) is 16.3. The largest absolute Gasteiger partial charge is 0.508 e. The molecular formula is C22H34N4O8. The van der Waals surface area contributed by atoms with Gasteiger partial charge in [-0.3, -0.25) is 14.4 Å². The number of hydrogen-bond acceptors (Lipinski definition) is 8. The van der Waals surface area contributed by atoms with Crippen molar-refractivity contribution in [3.63, 3.8) is 0 Å². The van der Waals surface area contributed by atoms with Crippen LogP contribution >= 0.6 is 0 Å². The molecule has 12 nitrogen and oxygen atoms in total. The number of benzene rings is 1. The maximum atomic E-state index is 13.0. The van der Waals surface area contributed by atoms with E-state index in [0.29, 0.717) is 12.0 Å². The van der Waals surface area contributed by atoms with E-state index in [-0.39, 0.29) is 18.1 Å². The molecule has 0 radical (unpaired) electrons. The van der Waals surface area contributed by atoms with E-state index in [1.807, 2.05) is 12.2 Å². The fraction of sp³-hybridized carbons (Fsp3) is 0.545. The molecule has 190 valence electrons. The first-order valence-corrected chi connectivity index (χ1v) is 10.9. The van der Waals surface area contributed by atoms with Gasteiger partial charge < -0.3 is 42.1 Å². The fourth-order valence-corrected chi connectivity index (χ4v) is 2.96. The number of nitrogens with two attached hydrogens (primary N) is 1. The van der Waals surface area contributed by atoms with Gasteiger partial charge in [0.15, 0.2) is 0 Å². The first-order chi connectivity index (χ1) is 15.9. The van der Waals surface area contributed by atoms with E-state index in [4.69, 9.17) is 15.9 Å². The maximum absolute atomic E-state index is 13.0. The molecule has 1 rings (SSSR count). The first-order valence-electron chi connectivity index (χ1n) is 10.9. The lowest BCUT2D eigenvalue weighted by Crippen LogP contribution is -2.60. The van der Waals surface area contributed by atoms with Crippen LogP contribution in [0.4, 0.5) is 0 Å². The van der Waals surface area contributed by atoms with E-state index < -0.39 is 60.6 Å². The number of aliphatic hydroxyl groups excluding tert-OH is 2. The van der Waals surface area contributed by atoms with Gasteiger partial charge in [-0.2, -0.15) is 0 Å². The van der Waals surface area contributed by atoms with E-state index in [0.717, 1.165) is 0 Å². The summed E-state index contributed by atoms with van der Waals surface area (Å²) in [6.07, 6.45) is -0.818. The van der Waals surface area contributed by atoms with Crippen LogP contribution in [0.2, 0.25) is 0 Å². The predicted molar refractivity (Wildman–Crippen MR) is 121 cm³/mol. The van der Waals surface area contributed by atoms with Crippen LogP contribution in [0, 0.1) is 5.92 Å². The Balaban J connectivity index is 3.10. The van der Waals surface area contributed by atoms with Crippen LogP contribution in [0.5, 0.6) is 5.75 Å². The van der Waals surface area contributed by atoms with Crippen molar-refractivity contribution in [2.45, 2.75) is 63.9 Å². The average Bonchev–Trinajstić information content (AvgIpc) is 2.79. The number of carboxylic acid groups (broad SMARTS) is 1. The Morgan fingerprint density at radius 3 is 1.97 bits per heavy atom. The number of carbonyl (C=O) groups is 4. The highest BCUT2D eigenvalue weighted by molar-refractivity contribution is 5.94. The summed E-state index contributed by atoms with van der Waals surface area (Å²) in [6.45, 7) is 3.97. The van der Waals surface area contributed by atoms with E-state index >= 15 is 0 Å². The van der Waals surface area contributed by atoms with Gasteiger partial charge in [-0.05, 0) is 30.5 Å². The SMILES string of the molecule is CCC(C)C(N)C(=O)NC(Cc1ccc(O)cc1)C(=O)NC(C(=O)NC(CO)C(=O)O)C(C)O. The second-order valence-corrected chi connectivity index (χ2v) is 8.15. The number of phenols is 1. The van der Waals surface area contributed by atoms with Crippen LogP contribution in [-0.4, -0.2) is 81.0 Å². The standard InChI is InChI=1S/C22H34N4O8/c1-4-11(2)17(23)20(31)24-15(9-13-5-7-14(29)8-6-13)19(30)26-18(12(3)28)21(32)25-16(10-27)22(33)34/h5-8,11-12,15-18,27-29H,4,9-10,23H2,1-3H3,(H,24,31)(H,25,32)(H,26,30)(H,33,34). The molecule has 0 aliphatic rings. The average molecular weight is 483 g/mol. The molecule has 6 unspecified atom stereocenters. The summed E-state index contributed by atoms with van der Waals surface area (Å²) in [5, 5.41) is 44.5. The zero-order valence-electron chi connectivity index (χ0n) is 19.4. The quantitative estimate of drug-likeness (QED) is 0.159. The molecule has 12 heteroatoms. The molecule has 0 saturated heterocycles. The maximum Gasteiger partial charge on any atom is 0.328 e. The molecule has 0 fully saturated rings. The summed E-state index contributed by atoms with van der Waals surface area (Å²) in [5.41, 5.74) is 6.55. The zero-order valence-corrected chi connectivity index (χ0v) is 19.4. The Morgan fingerprint density at radius 2 is 1.50 bits per heavy atom. The van der Waals surface area contributed by atoms with Crippen LogP contribution in [0.15, 0.2) is 24.3 Å². The Hall–Kier alpha value is -3.22. The van der Waals surface area contributed by atoms with E-state index in [9.17, 15) is 29.4 Å². The summed E-state index contributed by atoms with van der Waals surface area (Å²) >= 11 is 0. The summed E-state index contributed by atoms with van der Waals surface area (Å²) in [5.74, 6) is -4.10. The van der Waals surface area contributed by atoms with Crippen molar-refractivity contribution in [3.8, 4) is 5.75 Å². The molecule has 0 spiro atoms. The lowest BCUT2D eigenvalue weighted by Gasteiger charge is -2.27. The van der Waals surface area contributed by atoms with Gasteiger partial charge in [0.05, 0.1) is 18.8 Å². The van der Waals surface area contributed by atoms with Crippen molar-refractivity contribution >= 4 is 23.7 Å². The van der Waals surface area contributed by atoms with Crippen molar-refractivity contribution in [2.75, 3.05) is 6.61 Å². The fourth-order valence-electron chi connectivity index (χ4n) is 2.96. The number of rotatable bonds is 13. The highest BCUT2D eigenvalue weighted by Gasteiger charge is 2.33. The first kappa shape index (κ1) is 28.8. The smallest absolute Gasteiger partial charge is 0.328 e. The van der Waals surface area contributed by atoms with Gasteiger partial charge in [0.25, 0.3) is 0 Å². The Kier molecular flexibility index (Phi) is 11.4. The van der Waals surface area contributed by atoms with E-state index in [2.05, 4.69) is 10.6 Å². The number of nitrogens with one attached hydrogen (secondary N) is 3. The predicted octanol–water partition coefficient (Wildman–Crippen LogP) is -1.78. The molecular weight excluding hydrogens is 448 g/mol. The minimum absolute atomic E-state index is 0.00953. The van der Waals surface area contributed by atoms with Crippen LogP contribution in [0.1, 0.15) is 32.8 Å². The van der Waals surface area contributed by atoms with Crippen molar-refractivity contribution < 1.29 is 39.6 Å². The number of aliphatic hydroxyl groups is 2. The molecule has 6 atom stereocenters. The third kappa shape index (κ3) is 8.61. The number of aliphatic carboxylic acids is 1. The molecule has 1 aromatic rings. The monoisotopic (exact) mass is 482 g/mol. The van der Waals surface area contributed by atoms with E-state index in [1.165, 1.54) is 19.1 Å². The van der Waals surface area contributed by atoms with Crippen LogP contribution < -0.4 is 21.7 Å². The van der Waals surface area contributed by atoms with Crippen molar-refractivity contribution in [2.24, 2.45) is 11.7 Å². The Labute approximate surface area is 197 Å². The molecule has 0 bridgehead atoms. The minimum atomic E-state index is -1.63. The highest BCUT2D eigenvalue weighted by Crippen LogP contribution is 2.13. The number of amides is 3. The summed E-state index contributed by atoms with van der Waals surface area (Å²) in [6, 6.07) is 0.622. The second kappa shape index (κ2) is 13.5. The van der Waals surface area contributed by atoms with Gasteiger partial charge in [0.2, 0.25) is 17.7 Å². The number of phenolic OH excluding ortho intramolecular Hbond substituents is 1. The number of carbonyl (C=O) groups excluding carboxylic acids is 3. The van der Waals surface area contributed by atoms with Gasteiger partial charge in [-0.25, -0.2) is 4.79 Å². The van der Waals surface area contributed by atoms with Crippen LogP contribution in [0.3, 0.4) is 0 Å². The minimum Gasteiger partial charge on any atom is -0.508 e. The zero-order chi connectivity index (χ0) is 26.0. The highest BCUT2D eigenvalue weighted by atomic mass is 16.4. The van der Waals surface area contributed by atoms with E-state index in [1.54, 1.807) is 19.1 Å². The molecule has 0 heterocycles. The lowest BCUT2D eigenvalue weighted by molar-refractivity contribution is -0.144. The molecule has 0 aliphatic heterocycles. The van der Waals surface area contributed by atoms with Crippen molar-refractivity contribution in [1.82, 2.24) is 16.0 Å². The van der Waals surface area contributed by atoms with Crippen LogP contribution in [0.25, 0.3) is 0 Å².